The van der Waals surface area contributed by atoms with Crippen molar-refractivity contribution in [2.45, 2.75) is 38.6 Å². The van der Waals surface area contributed by atoms with Crippen LogP contribution in [0.2, 0.25) is 0 Å². The Morgan fingerprint density at radius 3 is 2.63 bits per heavy atom. The highest BCUT2D eigenvalue weighted by Crippen LogP contribution is 2.24. The molecule has 19 heavy (non-hydrogen) atoms. The zero-order chi connectivity index (χ0) is 13.8. The molecule has 3 nitrogen and oxygen atoms in total. The minimum atomic E-state index is -0.754. The number of rotatable bonds is 3. The molecule has 1 fully saturated rings. The lowest BCUT2D eigenvalue weighted by atomic mass is 10.2. The first-order valence-electron chi connectivity index (χ1n) is 6.64. The average Bonchev–Trinajstić information content (AvgIpc) is 2.87. The molecule has 0 aliphatic heterocycles. The van der Waals surface area contributed by atoms with Gasteiger partial charge in [-0.1, -0.05) is 12.8 Å². The Morgan fingerprint density at radius 1 is 1.37 bits per heavy atom. The van der Waals surface area contributed by atoms with Gasteiger partial charge in [0, 0.05) is 18.7 Å². The lowest BCUT2D eigenvalue weighted by molar-refractivity contribution is 0.192. The van der Waals surface area contributed by atoms with E-state index in [2.05, 4.69) is 5.32 Å². The van der Waals surface area contributed by atoms with Crippen LogP contribution in [0.5, 0.6) is 0 Å². The number of hydrogen-bond donors (Lipinski definition) is 1. The predicted molar refractivity (Wildman–Crippen MR) is 70.0 cm³/mol. The summed E-state index contributed by atoms with van der Waals surface area (Å²) in [6.07, 6.45) is 4.24. The largest absolute Gasteiger partial charge is 0.322 e. The summed E-state index contributed by atoms with van der Waals surface area (Å²) in [7, 11) is 0. The van der Waals surface area contributed by atoms with Gasteiger partial charge in [-0.15, -0.1) is 0 Å². The molecule has 0 heterocycles. The number of nitrogens with one attached hydrogen (secondary N) is 1. The highest BCUT2D eigenvalue weighted by Gasteiger charge is 2.25. The number of amides is 2. The summed E-state index contributed by atoms with van der Waals surface area (Å²) in [6, 6.07) is 3.05. The average molecular weight is 268 g/mol. The molecule has 1 N–H and O–H groups in total. The van der Waals surface area contributed by atoms with Crippen LogP contribution in [-0.4, -0.2) is 23.5 Å². The van der Waals surface area contributed by atoms with Gasteiger partial charge in [-0.2, -0.15) is 0 Å². The summed E-state index contributed by atoms with van der Waals surface area (Å²) >= 11 is 0. The van der Waals surface area contributed by atoms with Gasteiger partial charge in [0.05, 0.1) is 5.69 Å². The smallest absolute Gasteiger partial charge is 0.322 e. The molecule has 0 atom stereocenters. The van der Waals surface area contributed by atoms with Crippen molar-refractivity contribution < 1.29 is 13.6 Å². The molecule has 2 amide bonds. The van der Waals surface area contributed by atoms with E-state index in [9.17, 15) is 13.6 Å². The number of nitrogens with zero attached hydrogens (tertiary/aromatic N) is 1. The van der Waals surface area contributed by atoms with Gasteiger partial charge in [0.2, 0.25) is 0 Å². The molecule has 1 aromatic carbocycles. The van der Waals surface area contributed by atoms with Crippen LogP contribution in [-0.2, 0) is 0 Å². The monoisotopic (exact) mass is 268 g/mol. The van der Waals surface area contributed by atoms with Gasteiger partial charge in [-0.05, 0) is 31.9 Å². The highest BCUT2D eigenvalue weighted by atomic mass is 19.1. The number of anilines is 1. The molecule has 0 unspecified atom stereocenters. The standard InChI is InChI=1S/C14H18F2N2O/c1-2-18(11-5-3-4-6-11)14(19)17-13-8-7-10(15)9-12(13)16/h7-9,11H,2-6H2,1H3,(H,17,19). The van der Waals surface area contributed by atoms with Crippen LogP contribution in [0.3, 0.4) is 0 Å². The van der Waals surface area contributed by atoms with Crippen molar-refractivity contribution in [1.82, 2.24) is 4.90 Å². The van der Waals surface area contributed by atoms with E-state index in [0.717, 1.165) is 37.8 Å². The third-order valence-electron chi connectivity index (χ3n) is 3.54. The predicted octanol–water partition coefficient (Wildman–Crippen LogP) is 3.76. The van der Waals surface area contributed by atoms with Gasteiger partial charge in [0.1, 0.15) is 11.6 Å². The van der Waals surface area contributed by atoms with Gasteiger partial charge < -0.3 is 10.2 Å². The van der Waals surface area contributed by atoms with E-state index in [1.54, 1.807) is 4.90 Å². The van der Waals surface area contributed by atoms with Crippen molar-refractivity contribution >= 4 is 11.7 Å². The topological polar surface area (TPSA) is 32.3 Å². The van der Waals surface area contributed by atoms with Crippen molar-refractivity contribution in [2.75, 3.05) is 11.9 Å². The maximum Gasteiger partial charge on any atom is 0.322 e. The summed E-state index contributed by atoms with van der Waals surface area (Å²) in [5.41, 5.74) is 0.0165. The summed E-state index contributed by atoms with van der Waals surface area (Å²) in [4.78, 5) is 13.8. The van der Waals surface area contributed by atoms with Gasteiger partial charge in [0.15, 0.2) is 0 Å². The molecule has 0 bridgehead atoms. The SMILES string of the molecule is CCN(C(=O)Nc1ccc(F)cc1F)C1CCCC1. The normalized spacial score (nSPS) is 15.5. The first kappa shape index (κ1) is 13.8. The maximum atomic E-state index is 13.5. The lowest BCUT2D eigenvalue weighted by Crippen LogP contribution is -2.41. The number of carbonyl (C=O) groups excluding carboxylic acids is 1. The van der Waals surface area contributed by atoms with Crippen molar-refractivity contribution in [2.24, 2.45) is 0 Å². The van der Waals surface area contributed by atoms with Crippen LogP contribution in [0.15, 0.2) is 18.2 Å². The van der Waals surface area contributed by atoms with E-state index < -0.39 is 11.6 Å². The van der Waals surface area contributed by atoms with E-state index in [0.29, 0.717) is 6.54 Å². The van der Waals surface area contributed by atoms with Crippen molar-refractivity contribution in [3.05, 3.63) is 29.8 Å². The molecule has 0 spiro atoms. The van der Waals surface area contributed by atoms with Crippen molar-refractivity contribution in [1.29, 1.82) is 0 Å². The van der Waals surface area contributed by atoms with Gasteiger partial charge in [0.25, 0.3) is 0 Å². The fourth-order valence-corrected chi connectivity index (χ4v) is 2.56. The second-order valence-corrected chi connectivity index (χ2v) is 4.78. The molecule has 104 valence electrons. The number of benzene rings is 1. The molecule has 1 saturated carbocycles. The highest BCUT2D eigenvalue weighted by molar-refractivity contribution is 5.89. The van der Waals surface area contributed by atoms with Crippen molar-refractivity contribution in [3.8, 4) is 0 Å². The van der Waals surface area contributed by atoms with Crippen molar-refractivity contribution in [3.63, 3.8) is 0 Å². The summed E-state index contributed by atoms with van der Waals surface area (Å²) in [5.74, 6) is -1.41. The van der Waals surface area contributed by atoms with E-state index in [-0.39, 0.29) is 17.8 Å². The van der Waals surface area contributed by atoms with Gasteiger partial charge >= 0.3 is 6.03 Å². The van der Waals surface area contributed by atoms with E-state index in [1.807, 2.05) is 6.92 Å². The van der Waals surface area contributed by atoms with Gasteiger partial charge in [-0.25, -0.2) is 13.6 Å². The number of carbonyl (C=O) groups is 1. The third kappa shape index (κ3) is 3.22. The van der Waals surface area contributed by atoms with Gasteiger partial charge in [-0.3, -0.25) is 0 Å². The zero-order valence-corrected chi connectivity index (χ0v) is 11.0. The first-order chi connectivity index (χ1) is 9.11. The first-order valence-corrected chi connectivity index (χ1v) is 6.64. The second-order valence-electron chi connectivity index (χ2n) is 4.78. The zero-order valence-electron chi connectivity index (χ0n) is 11.0. The summed E-state index contributed by atoms with van der Waals surface area (Å²) in [6.45, 7) is 2.48. The quantitative estimate of drug-likeness (QED) is 0.889. The Morgan fingerprint density at radius 2 is 2.05 bits per heavy atom. The minimum absolute atomic E-state index is 0.0165. The van der Waals surface area contributed by atoms with Crippen LogP contribution in [0.4, 0.5) is 19.3 Å². The molecule has 0 saturated heterocycles. The Labute approximate surface area is 111 Å². The molecule has 1 aliphatic carbocycles. The number of urea groups is 1. The molecular formula is C14H18F2N2O. The lowest BCUT2D eigenvalue weighted by Gasteiger charge is -2.27. The molecule has 5 heteroatoms. The second kappa shape index (κ2) is 5.99. The Kier molecular flexibility index (Phi) is 4.35. The molecule has 2 rings (SSSR count). The van der Waals surface area contributed by atoms with E-state index in [4.69, 9.17) is 0 Å². The van der Waals surface area contributed by atoms with E-state index in [1.165, 1.54) is 6.07 Å². The van der Waals surface area contributed by atoms with Crippen LogP contribution < -0.4 is 5.32 Å². The minimum Gasteiger partial charge on any atom is -0.322 e. The Bertz CT molecular complexity index is 459. The molecular weight excluding hydrogens is 250 g/mol. The number of halogens is 2. The number of hydrogen-bond acceptors (Lipinski definition) is 1. The Balaban J connectivity index is 2.06. The van der Waals surface area contributed by atoms with Crippen LogP contribution in [0.25, 0.3) is 0 Å². The molecule has 0 radical (unpaired) electrons. The fourth-order valence-electron chi connectivity index (χ4n) is 2.56. The Hall–Kier alpha value is -1.65. The molecule has 1 aromatic rings. The maximum absolute atomic E-state index is 13.5. The molecule has 0 aromatic heterocycles. The van der Waals surface area contributed by atoms with Crippen LogP contribution in [0.1, 0.15) is 32.6 Å². The summed E-state index contributed by atoms with van der Waals surface area (Å²) in [5, 5.41) is 2.51. The van der Waals surface area contributed by atoms with Crippen LogP contribution in [0, 0.1) is 11.6 Å². The van der Waals surface area contributed by atoms with E-state index >= 15 is 0 Å². The third-order valence-corrected chi connectivity index (χ3v) is 3.54. The fraction of sp³-hybridized carbons (Fsp3) is 0.500. The molecule has 1 aliphatic rings. The van der Waals surface area contributed by atoms with Crippen LogP contribution >= 0.6 is 0 Å². The summed E-state index contributed by atoms with van der Waals surface area (Å²) < 4.78 is 26.3.